The van der Waals surface area contributed by atoms with E-state index in [-0.39, 0.29) is 6.10 Å². The Bertz CT molecular complexity index is 1290. The molecule has 2 aromatic heterocycles. The van der Waals surface area contributed by atoms with E-state index < -0.39 is 6.09 Å². The van der Waals surface area contributed by atoms with Gasteiger partial charge >= 0.3 is 6.09 Å². The molecule has 2 heterocycles. The molecule has 0 saturated heterocycles. The number of rotatable bonds is 8. The lowest BCUT2D eigenvalue weighted by atomic mass is 10.1. The second-order valence-electron chi connectivity index (χ2n) is 8.87. The van der Waals surface area contributed by atoms with E-state index in [9.17, 15) is 4.79 Å². The van der Waals surface area contributed by atoms with Crippen molar-refractivity contribution in [3.8, 4) is 17.0 Å². The Balaban J connectivity index is 1.46. The first-order valence-corrected chi connectivity index (χ1v) is 12.4. The van der Waals surface area contributed by atoms with Crippen LogP contribution in [0.15, 0.2) is 54.0 Å². The summed E-state index contributed by atoms with van der Waals surface area (Å²) in [5.74, 6) is 1.47. The van der Waals surface area contributed by atoms with Crippen molar-refractivity contribution in [3.05, 3.63) is 59.0 Å². The van der Waals surface area contributed by atoms with Crippen molar-refractivity contribution in [3.63, 3.8) is 0 Å². The van der Waals surface area contributed by atoms with Crippen molar-refractivity contribution in [2.24, 2.45) is 5.92 Å². The van der Waals surface area contributed by atoms with Gasteiger partial charge in [-0.1, -0.05) is 12.1 Å². The fraction of sp³-hybridized carbons (Fsp3) is 0.308. The first-order chi connectivity index (χ1) is 16.5. The highest BCUT2D eigenvalue weighted by molar-refractivity contribution is 7.09. The zero-order valence-electron chi connectivity index (χ0n) is 19.3. The molecule has 3 N–H and O–H groups in total. The number of carbonyl (C=O) groups excluding carboxylic acids is 1. The zero-order chi connectivity index (χ0) is 23.7. The predicted molar refractivity (Wildman–Crippen MR) is 136 cm³/mol. The summed E-state index contributed by atoms with van der Waals surface area (Å²) in [5.41, 5.74) is 11.2. The molecule has 1 saturated carbocycles. The van der Waals surface area contributed by atoms with E-state index in [1.54, 1.807) is 17.5 Å². The highest BCUT2D eigenvalue weighted by atomic mass is 32.1. The van der Waals surface area contributed by atoms with Gasteiger partial charge < -0.3 is 19.8 Å². The van der Waals surface area contributed by atoms with E-state index in [4.69, 9.17) is 15.2 Å². The number of nitrogen functional groups attached to an aromatic ring is 1. The summed E-state index contributed by atoms with van der Waals surface area (Å²) in [6.45, 7) is 5.00. The van der Waals surface area contributed by atoms with Crippen LogP contribution in [0.2, 0.25) is 0 Å². The molecule has 1 amide bonds. The number of thiazole rings is 1. The summed E-state index contributed by atoms with van der Waals surface area (Å²) in [6, 6.07) is 13.8. The van der Waals surface area contributed by atoms with Crippen molar-refractivity contribution in [1.82, 2.24) is 9.55 Å². The van der Waals surface area contributed by atoms with Gasteiger partial charge in [0, 0.05) is 40.8 Å². The van der Waals surface area contributed by atoms with Gasteiger partial charge in [-0.3, -0.25) is 5.32 Å². The van der Waals surface area contributed by atoms with Crippen LogP contribution in [0.3, 0.4) is 0 Å². The summed E-state index contributed by atoms with van der Waals surface area (Å²) < 4.78 is 13.5. The largest absolute Gasteiger partial charge is 0.486 e. The molecule has 5 rings (SSSR count). The van der Waals surface area contributed by atoms with Gasteiger partial charge in [0.15, 0.2) is 0 Å². The van der Waals surface area contributed by atoms with Gasteiger partial charge in [-0.2, -0.15) is 0 Å². The maximum atomic E-state index is 11.9. The summed E-state index contributed by atoms with van der Waals surface area (Å²) in [6.07, 6.45) is 3.62. The average molecular weight is 477 g/mol. The van der Waals surface area contributed by atoms with Gasteiger partial charge in [-0.05, 0) is 56.9 Å². The van der Waals surface area contributed by atoms with E-state index in [0.717, 1.165) is 45.1 Å². The Morgan fingerprint density at radius 3 is 2.71 bits per heavy atom. The van der Waals surface area contributed by atoms with Crippen LogP contribution in [0.4, 0.5) is 16.2 Å². The second-order valence-corrected chi connectivity index (χ2v) is 9.85. The number of nitrogens with zero attached hydrogens (tertiary/aromatic N) is 2. The Morgan fingerprint density at radius 2 is 2.03 bits per heavy atom. The summed E-state index contributed by atoms with van der Waals surface area (Å²) in [4.78, 5) is 16.2. The standard InChI is InChI=1S/C26H28N4O3S/c1-16(2)33-26(31)29-19-7-5-18(6-8-19)25-24(27)21-10-9-20(32-15-23-28-11-12-34-23)13-22(21)30(25)14-17-3-4-17/h5-13,16-17H,3-4,14-15,27H2,1-2H3,(H,29,31). The van der Waals surface area contributed by atoms with E-state index >= 15 is 0 Å². The number of nitrogens with two attached hydrogens (primary N) is 1. The molecule has 1 fully saturated rings. The molecule has 34 heavy (non-hydrogen) atoms. The van der Waals surface area contributed by atoms with Crippen molar-refractivity contribution in [2.75, 3.05) is 11.1 Å². The van der Waals surface area contributed by atoms with Crippen molar-refractivity contribution >= 4 is 39.7 Å². The summed E-state index contributed by atoms with van der Waals surface area (Å²) in [5, 5.41) is 6.67. The number of amides is 1. The van der Waals surface area contributed by atoms with Crippen LogP contribution in [0, 0.1) is 5.92 Å². The number of fused-ring (bicyclic) bond motifs is 1. The highest BCUT2D eigenvalue weighted by Crippen LogP contribution is 2.41. The number of hydrogen-bond acceptors (Lipinski definition) is 6. The molecular formula is C26H28N4O3S. The first kappa shape index (κ1) is 22.3. The first-order valence-electron chi connectivity index (χ1n) is 11.5. The van der Waals surface area contributed by atoms with Gasteiger partial charge in [0.1, 0.15) is 17.4 Å². The molecule has 0 atom stereocenters. The molecule has 1 aliphatic carbocycles. The lowest BCUT2D eigenvalue weighted by Gasteiger charge is -2.13. The van der Waals surface area contributed by atoms with Crippen molar-refractivity contribution in [1.29, 1.82) is 0 Å². The van der Waals surface area contributed by atoms with Crippen LogP contribution in [0.5, 0.6) is 5.75 Å². The lowest BCUT2D eigenvalue weighted by Crippen LogP contribution is -2.17. The van der Waals surface area contributed by atoms with E-state index in [1.165, 1.54) is 12.8 Å². The molecule has 0 spiro atoms. The minimum absolute atomic E-state index is 0.173. The van der Waals surface area contributed by atoms with Gasteiger partial charge in [0.25, 0.3) is 0 Å². The Kier molecular flexibility index (Phi) is 6.15. The number of benzene rings is 2. The average Bonchev–Trinajstić information content (AvgIpc) is 3.39. The number of carbonyl (C=O) groups is 1. The quantitative estimate of drug-likeness (QED) is 0.312. The van der Waals surface area contributed by atoms with E-state index in [1.807, 2.05) is 55.6 Å². The SMILES string of the molecule is CC(C)OC(=O)Nc1ccc(-c2c(N)c3ccc(OCc4nccs4)cc3n2CC2CC2)cc1. The fourth-order valence-electron chi connectivity index (χ4n) is 4.05. The molecule has 1 aliphatic rings. The minimum Gasteiger partial charge on any atom is -0.486 e. The third kappa shape index (κ3) is 4.87. The molecule has 0 bridgehead atoms. The molecule has 176 valence electrons. The lowest BCUT2D eigenvalue weighted by molar-refractivity contribution is 0.130. The third-order valence-electron chi connectivity index (χ3n) is 5.81. The monoisotopic (exact) mass is 476 g/mol. The molecule has 2 aromatic carbocycles. The Hall–Kier alpha value is -3.52. The second kappa shape index (κ2) is 9.38. The maximum absolute atomic E-state index is 11.9. The van der Waals surface area contributed by atoms with Crippen molar-refractivity contribution < 1.29 is 14.3 Å². The molecule has 0 aliphatic heterocycles. The molecule has 7 nitrogen and oxygen atoms in total. The van der Waals surface area contributed by atoms with Crippen LogP contribution in [-0.2, 0) is 17.9 Å². The Labute approximate surface area is 202 Å². The van der Waals surface area contributed by atoms with Crippen LogP contribution in [-0.4, -0.2) is 21.7 Å². The number of hydrogen-bond donors (Lipinski definition) is 2. The number of anilines is 2. The molecule has 8 heteroatoms. The van der Waals surface area contributed by atoms with Crippen LogP contribution < -0.4 is 15.8 Å². The van der Waals surface area contributed by atoms with Crippen LogP contribution in [0.1, 0.15) is 31.7 Å². The van der Waals surface area contributed by atoms with Gasteiger partial charge in [-0.15, -0.1) is 11.3 Å². The van der Waals surface area contributed by atoms with Gasteiger partial charge in [0.05, 0.1) is 23.0 Å². The minimum atomic E-state index is -0.463. The van der Waals surface area contributed by atoms with Crippen molar-refractivity contribution in [2.45, 2.75) is 45.9 Å². The normalized spacial score (nSPS) is 13.4. The van der Waals surface area contributed by atoms with Gasteiger partial charge in [-0.25, -0.2) is 9.78 Å². The maximum Gasteiger partial charge on any atom is 0.411 e. The zero-order valence-corrected chi connectivity index (χ0v) is 20.1. The smallest absolute Gasteiger partial charge is 0.411 e. The fourth-order valence-corrected chi connectivity index (χ4v) is 4.57. The Morgan fingerprint density at radius 1 is 1.24 bits per heavy atom. The van der Waals surface area contributed by atoms with Gasteiger partial charge in [0.2, 0.25) is 0 Å². The summed E-state index contributed by atoms with van der Waals surface area (Å²) >= 11 is 1.58. The molecule has 0 radical (unpaired) electrons. The highest BCUT2D eigenvalue weighted by Gasteiger charge is 2.26. The number of ether oxygens (including phenoxy) is 2. The van der Waals surface area contributed by atoms with E-state index in [0.29, 0.717) is 18.2 Å². The number of nitrogens with one attached hydrogen (secondary N) is 1. The third-order valence-corrected chi connectivity index (χ3v) is 6.56. The van der Waals surface area contributed by atoms with Crippen LogP contribution in [0.25, 0.3) is 22.2 Å². The molecule has 4 aromatic rings. The molecule has 0 unspecified atom stereocenters. The summed E-state index contributed by atoms with van der Waals surface area (Å²) in [7, 11) is 0. The van der Waals surface area contributed by atoms with E-state index in [2.05, 4.69) is 20.9 Å². The van der Waals surface area contributed by atoms with Crippen LogP contribution >= 0.6 is 11.3 Å². The number of aromatic nitrogens is 2. The molecular weight excluding hydrogens is 448 g/mol. The topological polar surface area (TPSA) is 91.4 Å². The predicted octanol–water partition coefficient (Wildman–Crippen LogP) is 6.29.